The molecule has 0 saturated heterocycles. The summed E-state index contributed by atoms with van der Waals surface area (Å²) in [7, 11) is 1.20. The average Bonchev–Trinajstić information content (AvgIpc) is 2.30. The van der Waals surface area contributed by atoms with Crippen molar-refractivity contribution in [1.29, 1.82) is 0 Å². The Bertz CT molecular complexity index is 269. The lowest BCUT2D eigenvalue weighted by molar-refractivity contribution is 0.141. The van der Waals surface area contributed by atoms with Gasteiger partial charge in [0.2, 0.25) is 0 Å². The summed E-state index contributed by atoms with van der Waals surface area (Å²) in [6.45, 7) is 0. The molecule has 0 N–H and O–H groups in total. The molecule has 1 aromatic heterocycles. The topological polar surface area (TPSA) is 17.8 Å². The predicted octanol–water partition coefficient (Wildman–Crippen LogP) is 2.30. The lowest BCUT2D eigenvalue weighted by atomic mass is 10.3. The SMILES string of the molecule is Cn1nc(C(F)F)cc1C(F)F. The number of alkyl halides is 4. The van der Waals surface area contributed by atoms with Crippen LogP contribution < -0.4 is 0 Å². The van der Waals surface area contributed by atoms with Gasteiger partial charge in [0.05, 0.1) is 0 Å². The summed E-state index contributed by atoms with van der Waals surface area (Å²) < 4.78 is 48.6. The molecule has 0 aliphatic carbocycles. The molecule has 0 bridgehead atoms. The van der Waals surface area contributed by atoms with Gasteiger partial charge in [-0.2, -0.15) is 5.10 Å². The van der Waals surface area contributed by atoms with Gasteiger partial charge in [0.15, 0.2) is 0 Å². The largest absolute Gasteiger partial charge is 0.282 e. The van der Waals surface area contributed by atoms with Crippen LogP contribution in [0, 0.1) is 0 Å². The second-order valence-electron chi connectivity index (χ2n) is 2.22. The standard InChI is InChI=1S/C6H6F4N2/c1-12-4(6(9)10)2-3(11-12)5(7)8/h2,5-6H,1H3. The summed E-state index contributed by atoms with van der Waals surface area (Å²) in [6, 6.07) is 0.704. The maximum Gasteiger partial charge on any atom is 0.282 e. The summed E-state index contributed by atoms with van der Waals surface area (Å²) >= 11 is 0. The van der Waals surface area contributed by atoms with Crippen molar-refractivity contribution in [1.82, 2.24) is 9.78 Å². The first-order valence-electron chi connectivity index (χ1n) is 3.12. The van der Waals surface area contributed by atoms with Crippen LogP contribution in [0.15, 0.2) is 6.07 Å². The second-order valence-corrected chi connectivity index (χ2v) is 2.22. The van der Waals surface area contributed by atoms with Gasteiger partial charge in [0.1, 0.15) is 11.4 Å². The molecule has 0 unspecified atom stereocenters. The summed E-state index contributed by atoms with van der Waals surface area (Å²) in [4.78, 5) is 0. The van der Waals surface area contributed by atoms with Gasteiger partial charge >= 0.3 is 0 Å². The number of hydrogen-bond donors (Lipinski definition) is 0. The zero-order valence-corrected chi connectivity index (χ0v) is 6.14. The van der Waals surface area contributed by atoms with Crippen LogP contribution in [-0.4, -0.2) is 9.78 Å². The predicted molar refractivity (Wildman–Crippen MR) is 33.1 cm³/mol. The minimum Gasteiger partial charge on any atom is -0.266 e. The molecular weight excluding hydrogens is 176 g/mol. The molecule has 68 valence electrons. The smallest absolute Gasteiger partial charge is 0.266 e. The van der Waals surface area contributed by atoms with E-state index in [1.165, 1.54) is 7.05 Å². The molecule has 0 spiro atoms. The van der Waals surface area contributed by atoms with E-state index in [0.717, 1.165) is 4.68 Å². The zero-order chi connectivity index (χ0) is 9.30. The summed E-state index contributed by atoms with van der Waals surface area (Å²) in [5, 5.41) is 3.22. The van der Waals surface area contributed by atoms with Crippen molar-refractivity contribution in [3.8, 4) is 0 Å². The molecule has 12 heavy (non-hydrogen) atoms. The van der Waals surface area contributed by atoms with E-state index in [1.54, 1.807) is 0 Å². The van der Waals surface area contributed by atoms with Crippen LogP contribution in [0.2, 0.25) is 0 Å². The molecule has 6 heteroatoms. The van der Waals surface area contributed by atoms with Gasteiger partial charge in [-0.1, -0.05) is 0 Å². The highest BCUT2D eigenvalue weighted by molar-refractivity contribution is 5.12. The normalized spacial score (nSPS) is 11.6. The van der Waals surface area contributed by atoms with Crippen molar-refractivity contribution in [3.63, 3.8) is 0 Å². The molecule has 0 radical (unpaired) electrons. The van der Waals surface area contributed by atoms with Gasteiger partial charge in [-0.3, -0.25) is 4.68 Å². The van der Waals surface area contributed by atoms with Gasteiger partial charge in [-0.25, -0.2) is 17.6 Å². The molecule has 0 aliphatic heterocycles. The highest BCUT2D eigenvalue weighted by Crippen LogP contribution is 2.23. The fourth-order valence-electron chi connectivity index (χ4n) is 0.816. The Morgan fingerprint density at radius 2 is 1.83 bits per heavy atom. The molecule has 0 amide bonds. The van der Waals surface area contributed by atoms with Gasteiger partial charge in [-0.05, 0) is 6.07 Å². The Morgan fingerprint density at radius 3 is 2.08 bits per heavy atom. The second kappa shape index (κ2) is 3.12. The van der Waals surface area contributed by atoms with Crippen LogP contribution in [0.4, 0.5) is 17.6 Å². The van der Waals surface area contributed by atoms with Crippen LogP contribution in [0.25, 0.3) is 0 Å². The van der Waals surface area contributed by atoms with Crippen molar-refractivity contribution >= 4 is 0 Å². The third-order valence-corrected chi connectivity index (χ3v) is 1.38. The average molecular weight is 182 g/mol. The molecule has 1 rings (SSSR count). The van der Waals surface area contributed by atoms with Crippen molar-refractivity contribution in [2.45, 2.75) is 12.9 Å². The molecule has 1 aromatic rings. The Morgan fingerprint density at radius 1 is 1.25 bits per heavy atom. The molecule has 1 heterocycles. The van der Waals surface area contributed by atoms with Gasteiger partial charge in [0.25, 0.3) is 12.9 Å². The van der Waals surface area contributed by atoms with Crippen molar-refractivity contribution in [2.24, 2.45) is 7.05 Å². The Hall–Kier alpha value is -1.07. The molecule has 0 aliphatic rings. The van der Waals surface area contributed by atoms with Crippen LogP contribution in [0.3, 0.4) is 0 Å². The highest BCUT2D eigenvalue weighted by Gasteiger charge is 2.18. The lowest BCUT2D eigenvalue weighted by Crippen LogP contribution is -1.98. The monoisotopic (exact) mass is 182 g/mol. The van der Waals surface area contributed by atoms with E-state index in [4.69, 9.17) is 0 Å². The molecule has 0 atom stereocenters. The number of rotatable bonds is 2. The number of aryl methyl sites for hydroxylation is 1. The summed E-state index contributed by atoms with van der Waals surface area (Å²) in [6.07, 6.45) is -5.57. The Balaban J connectivity index is 3.00. The number of halogens is 4. The first-order chi connectivity index (χ1) is 5.52. The molecule has 0 fully saturated rings. The zero-order valence-electron chi connectivity index (χ0n) is 6.14. The van der Waals surface area contributed by atoms with E-state index in [2.05, 4.69) is 5.10 Å². The van der Waals surface area contributed by atoms with E-state index in [9.17, 15) is 17.6 Å². The molecular formula is C6H6F4N2. The number of hydrogen-bond acceptors (Lipinski definition) is 1. The molecule has 2 nitrogen and oxygen atoms in total. The minimum atomic E-state index is -2.80. The highest BCUT2D eigenvalue weighted by atomic mass is 19.3. The van der Waals surface area contributed by atoms with E-state index in [1.807, 2.05) is 0 Å². The van der Waals surface area contributed by atoms with Gasteiger partial charge in [-0.15, -0.1) is 0 Å². The van der Waals surface area contributed by atoms with Gasteiger partial charge < -0.3 is 0 Å². The van der Waals surface area contributed by atoms with Gasteiger partial charge in [0, 0.05) is 7.05 Å². The molecule has 0 saturated carbocycles. The first kappa shape index (κ1) is 9.02. The summed E-state index contributed by atoms with van der Waals surface area (Å²) in [5.74, 6) is 0. The maximum absolute atomic E-state index is 12.0. The van der Waals surface area contributed by atoms with E-state index in [-0.39, 0.29) is 0 Å². The first-order valence-corrected chi connectivity index (χ1v) is 3.12. The van der Waals surface area contributed by atoms with E-state index >= 15 is 0 Å². The Labute approximate surface area is 65.8 Å². The van der Waals surface area contributed by atoms with Crippen LogP contribution in [-0.2, 0) is 7.05 Å². The fourth-order valence-corrected chi connectivity index (χ4v) is 0.816. The van der Waals surface area contributed by atoms with Crippen molar-refractivity contribution in [2.75, 3.05) is 0 Å². The van der Waals surface area contributed by atoms with Crippen molar-refractivity contribution in [3.05, 3.63) is 17.5 Å². The van der Waals surface area contributed by atoms with E-state index < -0.39 is 24.2 Å². The van der Waals surface area contributed by atoms with Crippen LogP contribution >= 0.6 is 0 Å². The summed E-state index contributed by atoms with van der Waals surface area (Å²) in [5.41, 5.74) is -1.11. The van der Waals surface area contributed by atoms with Crippen LogP contribution in [0.1, 0.15) is 24.2 Å². The fraction of sp³-hybridized carbons (Fsp3) is 0.500. The third-order valence-electron chi connectivity index (χ3n) is 1.38. The van der Waals surface area contributed by atoms with Crippen LogP contribution in [0.5, 0.6) is 0 Å². The molecule has 0 aromatic carbocycles. The quantitative estimate of drug-likeness (QED) is 0.641. The van der Waals surface area contributed by atoms with E-state index in [0.29, 0.717) is 6.07 Å². The van der Waals surface area contributed by atoms with Crippen molar-refractivity contribution < 1.29 is 17.6 Å². The lowest BCUT2D eigenvalue weighted by Gasteiger charge is -1.96. The maximum atomic E-state index is 12.0. The third kappa shape index (κ3) is 1.57. The number of aromatic nitrogens is 2. The Kier molecular flexibility index (Phi) is 2.35. The number of nitrogens with zero attached hydrogens (tertiary/aromatic N) is 2. The minimum absolute atomic E-state index is 0.495.